The molecule has 2 N–H and O–H groups in total. The molecule has 2 aromatic heterocycles. The van der Waals surface area contributed by atoms with Crippen LogP contribution in [-0.4, -0.2) is 21.2 Å². The standard InChI is InChI=1S/C11H13N3O3S/c1-11(2,9(15)16)8-6-18-10(14-8)12-5-7-3-4-13-17-7/h3-4,6H,5H2,1-2H3,(H,12,14)(H,15,16). The predicted octanol–water partition coefficient (Wildman–Crippen LogP) is 2.11. The average Bonchev–Trinajstić information content (AvgIpc) is 2.97. The highest BCUT2D eigenvalue weighted by molar-refractivity contribution is 7.13. The van der Waals surface area contributed by atoms with E-state index in [-0.39, 0.29) is 0 Å². The van der Waals surface area contributed by atoms with Crippen molar-refractivity contribution in [2.45, 2.75) is 25.8 Å². The van der Waals surface area contributed by atoms with Crippen LogP contribution in [0.3, 0.4) is 0 Å². The molecule has 0 aromatic carbocycles. The molecule has 0 aliphatic heterocycles. The molecule has 6 nitrogen and oxygen atoms in total. The van der Waals surface area contributed by atoms with Gasteiger partial charge in [0.2, 0.25) is 0 Å². The summed E-state index contributed by atoms with van der Waals surface area (Å²) < 4.78 is 4.94. The number of nitrogens with zero attached hydrogens (tertiary/aromatic N) is 2. The monoisotopic (exact) mass is 267 g/mol. The maximum Gasteiger partial charge on any atom is 0.315 e. The quantitative estimate of drug-likeness (QED) is 0.862. The van der Waals surface area contributed by atoms with Gasteiger partial charge in [-0.2, -0.15) is 0 Å². The van der Waals surface area contributed by atoms with Crippen molar-refractivity contribution in [3.63, 3.8) is 0 Å². The van der Waals surface area contributed by atoms with Crippen LogP contribution in [0.15, 0.2) is 22.2 Å². The minimum absolute atomic E-state index is 0.473. The van der Waals surface area contributed by atoms with E-state index in [4.69, 9.17) is 9.63 Å². The molecule has 0 radical (unpaired) electrons. The smallest absolute Gasteiger partial charge is 0.315 e. The number of anilines is 1. The van der Waals surface area contributed by atoms with Crippen molar-refractivity contribution in [1.82, 2.24) is 10.1 Å². The van der Waals surface area contributed by atoms with E-state index in [1.165, 1.54) is 11.3 Å². The van der Waals surface area contributed by atoms with Gasteiger partial charge >= 0.3 is 5.97 Å². The minimum atomic E-state index is -0.983. The number of aromatic nitrogens is 2. The van der Waals surface area contributed by atoms with Gasteiger partial charge in [0, 0.05) is 11.4 Å². The lowest BCUT2D eigenvalue weighted by molar-refractivity contribution is -0.142. The second kappa shape index (κ2) is 4.77. The van der Waals surface area contributed by atoms with Crippen molar-refractivity contribution >= 4 is 22.4 Å². The summed E-state index contributed by atoms with van der Waals surface area (Å²) in [4.78, 5) is 15.4. The molecule has 7 heteroatoms. The van der Waals surface area contributed by atoms with Gasteiger partial charge < -0.3 is 14.9 Å². The van der Waals surface area contributed by atoms with E-state index in [2.05, 4.69) is 15.5 Å². The molecule has 2 heterocycles. The summed E-state index contributed by atoms with van der Waals surface area (Å²) in [6.07, 6.45) is 1.57. The molecule has 2 rings (SSSR count). The molecule has 96 valence electrons. The molecule has 0 saturated heterocycles. The minimum Gasteiger partial charge on any atom is -0.481 e. The van der Waals surface area contributed by atoms with Crippen LogP contribution < -0.4 is 5.32 Å². The number of nitrogens with one attached hydrogen (secondary N) is 1. The fourth-order valence-electron chi connectivity index (χ4n) is 1.25. The van der Waals surface area contributed by atoms with Gasteiger partial charge in [-0.15, -0.1) is 11.3 Å². The molecule has 0 aliphatic rings. The molecule has 0 bridgehead atoms. The Balaban J connectivity index is 2.04. The van der Waals surface area contributed by atoms with Gasteiger partial charge in [-0.3, -0.25) is 4.79 Å². The predicted molar refractivity (Wildman–Crippen MR) is 66.6 cm³/mol. The lowest BCUT2D eigenvalue weighted by Crippen LogP contribution is -2.28. The number of thiazole rings is 1. The highest BCUT2D eigenvalue weighted by atomic mass is 32.1. The first-order valence-electron chi connectivity index (χ1n) is 5.33. The fourth-order valence-corrected chi connectivity index (χ4v) is 2.12. The maximum absolute atomic E-state index is 11.1. The Morgan fingerprint density at radius 2 is 2.39 bits per heavy atom. The zero-order valence-electron chi connectivity index (χ0n) is 10.0. The molecule has 0 unspecified atom stereocenters. The number of aliphatic carboxylic acids is 1. The number of rotatable bonds is 5. The molecular weight excluding hydrogens is 254 g/mol. The highest BCUT2D eigenvalue weighted by Crippen LogP contribution is 2.27. The summed E-state index contributed by atoms with van der Waals surface area (Å²) in [5, 5.41) is 18.2. The Morgan fingerprint density at radius 1 is 1.61 bits per heavy atom. The largest absolute Gasteiger partial charge is 0.481 e. The lowest BCUT2D eigenvalue weighted by Gasteiger charge is -2.15. The van der Waals surface area contributed by atoms with Crippen LogP contribution in [0.4, 0.5) is 5.13 Å². The summed E-state index contributed by atoms with van der Waals surface area (Å²) in [7, 11) is 0. The SMILES string of the molecule is CC(C)(C(=O)O)c1csc(NCc2ccno2)n1. The van der Waals surface area contributed by atoms with Crippen molar-refractivity contribution in [3.8, 4) is 0 Å². The van der Waals surface area contributed by atoms with E-state index >= 15 is 0 Å². The third-order valence-corrected chi connectivity index (χ3v) is 3.38. The van der Waals surface area contributed by atoms with E-state index in [0.717, 1.165) is 0 Å². The number of carboxylic acids is 1. The molecular formula is C11H13N3O3S. The number of carbonyl (C=O) groups is 1. The van der Waals surface area contributed by atoms with E-state index in [1.54, 1.807) is 31.5 Å². The first-order chi connectivity index (χ1) is 8.50. The van der Waals surface area contributed by atoms with Crippen LogP contribution in [0, 0.1) is 0 Å². The Hall–Kier alpha value is -1.89. The molecule has 0 saturated carbocycles. The van der Waals surface area contributed by atoms with Crippen LogP contribution in [-0.2, 0) is 16.8 Å². The van der Waals surface area contributed by atoms with Crippen molar-refractivity contribution in [2.75, 3.05) is 5.32 Å². The Bertz CT molecular complexity index is 533. The van der Waals surface area contributed by atoms with Crippen LogP contribution in [0.1, 0.15) is 25.3 Å². The average molecular weight is 267 g/mol. The molecule has 0 spiro atoms. The van der Waals surface area contributed by atoms with E-state index in [9.17, 15) is 4.79 Å². The van der Waals surface area contributed by atoms with Crippen molar-refractivity contribution in [3.05, 3.63) is 29.1 Å². The number of carboxylic acid groups (broad SMARTS) is 1. The van der Waals surface area contributed by atoms with Gasteiger partial charge in [-0.1, -0.05) is 5.16 Å². The number of hydrogen-bond donors (Lipinski definition) is 2. The van der Waals surface area contributed by atoms with Crippen molar-refractivity contribution < 1.29 is 14.4 Å². The Kier molecular flexibility index (Phi) is 3.33. The summed E-state index contributed by atoms with van der Waals surface area (Å²) in [6.45, 7) is 3.73. The van der Waals surface area contributed by atoms with Crippen LogP contribution >= 0.6 is 11.3 Å². The first kappa shape index (κ1) is 12.6. The van der Waals surface area contributed by atoms with Crippen LogP contribution in [0.25, 0.3) is 0 Å². The van der Waals surface area contributed by atoms with Gasteiger partial charge in [0.25, 0.3) is 0 Å². The molecule has 18 heavy (non-hydrogen) atoms. The molecule has 0 fully saturated rings. The first-order valence-corrected chi connectivity index (χ1v) is 6.21. The Morgan fingerprint density at radius 3 is 3.00 bits per heavy atom. The van der Waals surface area contributed by atoms with Crippen molar-refractivity contribution in [2.24, 2.45) is 0 Å². The second-order valence-corrected chi connectivity index (χ2v) is 5.16. The van der Waals surface area contributed by atoms with E-state index < -0.39 is 11.4 Å². The van der Waals surface area contributed by atoms with Gasteiger partial charge in [-0.05, 0) is 13.8 Å². The van der Waals surface area contributed by atoms with Gasteiger partial charge in [-0.25, -0.2) is 4.98 Å². The molecule has 0 amide bonds. The topological polar surface area (TPSA) is 88.2 Å². The van der Waals surface area contributed by atoms with Crippen LogP contribution in [0.2, 0.25) is 0 Å². The summed E-state index contributed by atoms with van der Waals surface area (Å²) >= 11 is 1.37. The molecule has 0 atom stereocenters. The van der Waals surface area contributed by atoms with Gasteiger partial charge in [0.05, 0.1) is 18.4 Å². The number of hydrogen-bond acceptors (Lipinski definition) is 6. The van der Waals surface area contributed by atoms with Crippen LogP contribution in [0.5, 0.6) is 0 Å². The zero-order valence-corrected chi connectivity index (χ0v) is 10.8. The summed E-state index contributed by atoms with van der Waals surface area (Å²) in [5.74, 6) is -0.196. The van der Waals surface area contributed by atoms with E-state index in [1.807, 2.05) is 0 Å². The summed E-state index contributed by atoms with van der Waals surface area (Å²) in [5.41, 5.74) is -0.442. The van der Waals surface area contributed by atoms with E-state index in [0.29, 0.717) is 23.1 Å². The lowest BCUT2D eigenvalue weighted by atomic mass is 9.90. The third kappa shape index (κ3) is 2.51. The highest BCUT2D eigenvalue weighted by Gasteiger charge is 2.32. The van der Waals surface area contributed by atoms with Gasteiger partial charge in [0.15, 0.2) is 10.9 Å². The normalized spacial score (nSPS) is 11.4. The van der Waals surface area contributed by atoms with Crippen molar-refractivity contribution in [1.29, 1.82) is 0 Å². The molecule has 0 aliphatic carbocycles. The zero-order chi connectivity index (χ0) is 13.2. The third-order valence-electron chi connectivity index (χ3n) is 2.58. The fraction of sp³-hybridized carbons (Fsp3) is 0.364. The Labute approximate surface area is 108 Å². The summed E-state index contributed by atoms with van der Waals surface area (Å²) in [6, 6.07) is 1.75. The molecule has 2 aromatic rings. The maximum atomic E-state index is 11.1. The second-order valence-electron chi connectivity index (χ2n) is 4.30. The van der Waals surface area contributed by atoms with Gasteiger partial charge in [0.1, 0.15) is 5.41 Å².